The standard InChI is InChI=1S/C20H17NO4S/c1-14-16(20(22)23)11-7-12-18(14)21-26(24,25)19-13-6-5-10-17(19)15-8-3-2-4-9-15/h2-13,21H,1H3,(H,22,23). The van der Waals surface area contributed by atoms with E-state index in [2.05, 4.69) is 4.72 Å². The molecule has 0 aliphatic carbocycles. The number of sulfonamides is 1. The molecule has 0 radical (unpaired) electrons. The van der Waals surface area contributed by atoms with Crippen LogP contribution in [0.4, 0.5) is 5.69 Å². The topological polar surface area (TPSA) is 83.5 Å². The first-order chi connectivity index (χ1) is 12.4. The number of carboxylic acid groups (broad SMARTS) is 1. The van der Waals surface area contributed by atoms with Gasteiger partial charge in [0.2, 0.25) is 0 Å². The summed E-state index contributed by atoms with van der Waals surface area (Å²) in [5.74, 6) is -1.10. The van der Waals surface area contributed by atoms with Gasteiger partial charge in [0.1, 0.15) is 0 Å². The minimum atomic E-state index is -3.90. The fourth-order valence-electron chi connectivity index (χ4n) is 2.73. The van der Waals surface area contributed by atoms with Crippen LogP contribution in [0.1, 0.15) is 15.9 Å². The molecular weight excluding hydrogens is 350 g/mol. The Labute approximate surface area is 152 Å². The summed E-state index contributed by atoms with van der Waals surface area (Å²) < 4.78 is 28.5. The molecule has 6 heteroatoms. The van der Waals surface area contributed by atoms with Crippen molar-refractivity contribution in [3.63, 3.8) is 0 Å². The van der Waals surface area contributed by atoms with Gasteiger partial charge in [0.25, 0.3) is 10.0 Å². The summed E-state index contributed by atoms with van der Waals surface area (Å²) in [6, 6.07) is 20.4. The van der Waals surface area contributed by atoms with Crippen LogP contribution >= 0.6 is 0 Å². The lowest BCUT2D eigenvalue weighted by Gasteiger charge is -2.15. The second-order valence-corrected chi connectivity index (χ2v) is 7.40. The summed E-state index contributed by atoms with van der Waals surface area (Å²) in [5, 5.41) is 9.22. The molecule has 0 atom stereocenters. The van der Waals surface area contributed by atoms with Gasteiger partial charge in [0.15, 0.2) is 0 Å². The molecule has 0 saturated heterocycles. The van der Waals surface area contributed by atoms with Gasteiger partial charge in [0.05, 0.1) is 16.1 Å². The second-order valence-electron chi connectivity index (χ2n) is 5.75. The number of carbonyl (C=O) groups is 1. The van der Waals surface area contributed by atoms with Crippen LogP contribution in [0.3, 0.4) is 0 Å². The third kappa shape index (κ3) is 3.45. The van der Waals surface area contributed by atoms with Crippen LogP contribution in [-0.2, 0) is 10.0 Å². The van der Waals surface area contributed by atoms with Crippen LogP contribution in [0.5, 0.6) is 0 Å². The van der Waals surface area contributed by atoms with E-state index in [0.29, 0.717) is 11.1 Å². The number of anilines is 1. The Bertz CT molecular complexity index is 1060. The van der Waals surface area contributed by atoms with Gasteiger partial charge in [-0.25, -0.2) is 13.2 Å². The Morgan fingerprint density at radius 3 is 2.23 bits per heavy atom. The first-order valence-corrected chi connectivity index (χ1v) is 9.38. The SMILES string of the molecule is Cc1c(NS(=O)(=O)c2ccccc2-c2ccccc2)cccc1C(=O)O. The molecule has 0 amide bonds. The average molecular weight is 367 g/mol. The van der Waals surface area contributed by atoms with Crippen LogP contribution in [0.15, 0.2) is 77.7 Å². The third-order valence-corrected chi connectivity index (χ3v) is 5.49. The van der Waals surface area contributed by atoms with E-state index in [1.165, 1.54) is 18.2 Å². The number of benzene rings is 3. The molecular formula is C20H17NO4S. The summed E-state index contributed by atoms with van der Waals surface area (Å²) >= 11 is 0. The minimum Gasteiger partial charge on any atom is -0.478 e. The maximum atomic E-state index is 13.0. The van der Waals surface area contributed by atoms with E-state index in [0.717, 1.165) is 5.56 Å². The Kier molecular flexibility index (Phi) is 4.77. The molecule has 5 nitrogen and oxygen atoms in total. The summed E-state index contributed by atoms with van der Waals surface area (Å²) in [6.45, 7) is 1.57. The van der Waals surface area contributed by atoms with Gasteiger partial charge in [0, 0.05) is 5.56 Å². The molecule has 0 fully saturated rings. The zero-order chi connectivity index (χ0) is 18.7. The molecule has 0 saturated carbocycles. The van der Waals surface area contributed by atoms with Crippen molar-refractivity contribution in [2.45, 2.75) is 11.8 Å². The summed E-state index contributed by atoms with van der Waals surface area (Å²) in [4.78, 5) is 11.4. The summed E-state index contributed by atoms with van der Waals surface area (Å²) in [6.07, 6.45) is 0. The summed E-state index contributed by atoms with van der Waals surface area (Å²) in [7, 11) is -3.90. The molecule has 0 aliphatic rings. The number of carboxylic acids is 1. The van der Waals surface area contributed by atoms with E-state index in [4.69, 9.17) is 0 Å². The van der Waals surface area contributed by atoms with Gasteiger partial charge >= 0.3 is 5.97 Å². The molecule has 0 aliphatic heterocycles. The number of nitrogens with one attached hydrogen (secondary N) is 1. The van der Waals surface area contributed by atoms with Crippen LogP contribution in [0, 0.1) is 6.92 Å². The number of hydrogen-bond donors (Lipinski definition) is 2. The Hall–Kier alpha value is -3.12. The molecule has 0 unspecified atom stereocenters. The highest BCUT2D eigenvalue weighted by molar-refractivity contribution is 7.92. The molecule has 0 spiro atoms. The maximum Gasteiger partial charge on any atom is 0.336 e. The van der Waals surface area contributed by atoms with Crippen LogP contribution in [0.25, 0.3) is 11.1 Å². The van der Waals surface area contributed by atoms with Crippen molar-refractivity contribution in [2.24, 2.45) is 0 Å². The number of hydrogen-bond acceptors (Lipinski definition) is 3. The van der Waals surface area contributed by atoms with Crippen molar-refractivity contribution in [2.75, 3.05) is 4.72 Å². The Morgan fingerprint density at radius 2 is 1.54 bits per heavy atom. The lowest BCUT2D eigenvalue weighted by atomic mass is 10.1. The lowest BCUT2D eigenvalue weighted by Crippen LogP contribution is -2.15. The second kappa shape index (κ2) is 7.01. The van der Waals surface area contributed by atoms with Crippen molar-refractivity contribution in [1.29, 1.82) is 0 Å². The van der Waals surface area contributed by atoms with E-state index in [1.54, 1.807) is 31.2 Å². The molecule has 3 aromatic rings. The molecule has 0 heterocycles. The smallest absolute Gasteiger partial charge is 0.336 e. The molecule has 3 aromatic carbocycles. The maximum absolute atomic E-state index is 13.0. The number of rotatable bonds is 5. The van der Waals surface area contributed by atoms with E-state index in [1.807, 2.05) is 30.3 Å². The zero-order valence-electron chi connectivity index (χ0n) is 14.0. The molecule has 0 aromatic heterocycles. The molecule has 132 valence electrons. The predicted molar refractivity (Wildman–Crippen MR) is 101 cm³/mol. The van der Waals surface area contributed by atoms with Gasteiger partial charge in [-0.3, -0.25) is 4.72 Å². The first kappa shape index (κ1) is 17.7. The average Bonchev–Trinajstić information content (AvgIpc) is 2.64. The van der Waals surface area contributed by atoms with Crippen molar-refractivity contribution >= 4 is 21.7 Å². The molecule has 2 N–H and O–H groups in total. The van der Waals surface area contributed by atoms with Gasteiger partial charge in [-0.2, -0.15) is 0 Å². The van der Waals surface area contributed by atoms with E-state index in [9.17, 15) is 18.3 Å². The highest BCUT2D eigenvalue weighted by atomic mass is 32.2. The molecule has 3 rings (SSSR count). The first-order valence-electron chi connectivity index (χ1n) is 7.90. The Morgan fingerprint density at radius 1 is 0.885 bits per heavy atom. The van der Waals surface area contributed by atoms with Crippen molar-refractivity contribution in [1.82, 2.24) is 0 Å². The van der Waals surface area contributed by atoms with Gasteiger partial charge in [-0.1, -0.05) is 54.6 Å². The van der Waals surface area contributed by atoms with Crippen LogP contribution < -0.4 is 4.72 Å². The van der Waals surface area contributed by atoms with Crippen molar-refractivity contribution in [3.8, 4) is 11.1 Å². The van der Waals surface area contributed by atoms with E-state index >= 15 is 0 Å². The molecule has 26 heavy (non-hydrogen) atoms. The highest BCUT2D eigenvalue weighted by Gasteiger charge is 2.21. The largest absolute Gasteiger partial charge is 0.478 e. The molecule has 0 bridgehead atoms. The quantitative estimate of drug-likeness (QED) is 0.709. The van der Waals surface area contributed by atoms with Gasteiger partial charge in [-0.05, 0) is 36.2 Å². The summed E-state index contributed by atoms with van der Waals surface area (Å²) in [5.41, 5.74) is 2.02. The Balaban J connectivity index is 2.06. The van der Waals surface area contributed by atoms with E-state index in [-0.39, 0.29) is 16.1 Å². The minimum absolute atomic E-state index is 0.0570. The van der Waals surface area contributed by atoms with E-state index < -0.39 is 16.0 Å². The van der Waals surface area contributed by atoms with Crippen molar-refractivity contribution in [3.05, 3.63) is 83.9 Å². The monoisotopic (exact) mass is 367 g/mol. The number of aromatic carboxylic acids is 1. The van der Waals surface area contributed by atoms with Crippen LogP contribution in [-0.4, -0.2) is 19.5 Å². The highest BCUT2D eigenvalue weighted by Crippen LogP contribution is 2.29. The fraction of sp³-hybridized carbons (Fsp3) is 0.0500. The third-order valence-electron chi connectivity index (χ3n) is 4.07. The van der Waals surface area contributed by atoms with Gasteiger partial charge in [-0.15, -0.1) is 0 Å². The van der Waals surface area contributed by atoms with Crippen molar-refractivity contribution < 1.29 is 18.3 Å². The lowest BCUT2D eigenvalue weighted by molar-refractivity contribution is 0.0696. The van der Waals surface area contributed by atoms with Gasteiger partial charge < -0.3 is 5.11 Å². The predicted octanol–water partition coefficient (Wildman–Crippen LogP) is 4.16. The normalized spacial score (nSPS) is 11.1. The van der Waals surface area contributed by atoms with Crippen LogP contribution in [0.2, 0.25) is 0 Å². The zero-order valence-corrected chi connectivity index (χ0v) is 14.8. The fourth-order valence-corrected chi connectivity index (χ4v) is 4.09.